The summed E-state index contributed by atoms with van der Waals surface area (Å²) in [5, 5.41) is 35.8. The van der Waals surface area contributed by atoms with Crippen LogP contribution in [0.15, 0.2) is 64.8 Å². The number of guanidine groups is 1. The second-order valence-electron chi connectivity index (χ2n) is 14.1. The highest BCUT2D eigenvalue weighted by Crippen LogP contribution is 2.25. The fraction of sp³-hybridized carbons (Fsp3) is 0.500. The van der Waals surface area contributed by atoms with E-state index in [0.717, 1.165) is 0 Å². The van der Waals surface area contributed by atoms with Gasteiger partial charge in [-0.15, -0.1) is 0 Å². The number of nitrogens with one attached hydrogen (secondary N) is 5. The van der Waals surface area contributed by atoms with E-state index in [1.165, 1.54) is 9.80 Å². The first-order valence-corrected chi connectivity index (χ1v) is 18.8. The Morgan fingerprint density at radius 1 is 0.875 bits per heavy atom. The van der Waals surface area contributed by atoms with Gasteiger partial charge in [0, 0.05) is 25.2 Å². The van der Waals surface area contributed by atoms with Crippen molar-refractivity contribution in [3.63, 3.8) is 0 Å². The first kappa shape index (κ1) is 42.7. The van der Waals surface area contributed by atoms with Crippen LogP contribution in [0.1, 0.15) is 64.4 Å². The number of nitrogens with two attached hydrogens (primary N) is 1. The quantitative estimate of drug-likeness (QED) is 0.0504. The van der Waals surface area contributed by atoms with Gasteiger partial charge in [0.05, 0.1) is 17.9 Å². The van der Waals surface area contributed by atoms with Gasteiger partial charge in [-0.2, -0.15) is 10.2 Å². The van der Waals surface area contributed by atoms with Crippen molar-refractivity contribution in [2.45, 2.75) is 89.6 Å². The number of carboxylic acids is 1. The van der Waals surface area contributed by atoms with Gasteiger partial charge in [-0.1, -0.05) is 50.2 Å². The van der Waals surface area contributed by atoms with Gasteiger partial charge in [0.2, 0.25) is 23.6 Å². The summed E-state index contributed by atoms with van der Waals surface area (Å²) in [6, 6.07) is 12.3. The molecule has 0 bridgehead atoms. The molecule has 2 aromatic carbocycles. The largest absolute Gasteiger partial charge is 0.480 e. The molecule has 56 heavy (non-hydrogen) atoms. The smallest absolute Gasteiger partial charge is 0.410 e. The normalized spacial score (nSPS) is 17.6. The van der Waals surface area contributed by atoms with Crippen molar-refractivity contribution in [2.75, 3.05) is 26.2 Å². The van der Waals surface area contributed by atoms with E-state index in [-0.39, 0.29) is 51.0 Å². The molecule has 0 saturated carbocycles. The predicted molar refractivity (Wildman–Crippen MR) is 205 cm³/mol. The first-order chi connectivity index (χ1) is 26.8. The van der Waals surface area contributed by atoms with Gasteiger partial charge < -0.3 is 41.7 Å². The van der Waals surface area contributed by atoms with Crippen LogP contribution in [0.5, 0.6) is 0 Å². The minimum Gasteiger partial charge on any atom is -0.480 e. The molecule has 302 valence electrons. The Kier molecular flexibility index (Phi) is 16.1. The van der Waals surface area contributed by atoms with Crippen molar-refractivity contribution >= 4 is 53.0 Å². The SMILES string of the molecule is CC(C)C[C@H](NC(=O)[C@@H]1CCCN1C(=O)OCc1ccccc1/N=N/c1ccccc1)C(=O)NCC(=O)N1CCC[C@H]1C(=O)N[C@H](CCCNC(=N)N)C(=O)O. The van der Waals surface area contributed by atoms with Gasteiger partial charge in [0.1, 0.15) is 30.8 Å². The van der Waals surface area contributed by atoms with E-state index in [0.29, 0.717) is 49.0 Å². The van der Waals surface area contributed by atoms with Crippen LogP contribution < -0.4 is 27.0 Å². The molecule has 2 aromatic rings. The van der Waals surface area contributed by atoms with Gasteiger partial charge in [-0.25, -0.2) is 9.59 Å². The van der Waals surface area contributed by atoms with E-state index in [4.69, 9.17) is 15.9 Å². The second kappa shape index (κ2) is 21.1. The number of likely N-dealkylation sites (tertiary alicyclic amines) is 2. The maximum Gasteiger partial charge on any atom is 0.410 e. The average Bonchev–Trinajstić information content (AvgIpc) is 3.88. The van der Waals surface area contributed by atoms with Crippen molar-refractivity contribution in [1.29, 1.82) is 5.41 Å². The van der Waals surface area contributed by atoms with E-state index in [1.807, 2.05) is 44.2 Å². The summed E-state index contributed by atoms with van der Waals surface area (Å²) in [4.78, 5) is 81.0. The van der Waals surface area contributed by atoms with Gasteiger partial charge in [0.25, 0.3) is 0 Å². The number of carboxylic acid groups (broad SMARTS) is 1. The summed E-state index contributed by atoms with van der Waals surface area (Å²) in [6.07, 6.45) is 1.73. The van der Waals surface area contributed by atoms with Crippen molar-refractivity contribution in [3.05, 3.63) is 60.2 Å². The summed E-state index contributed by atoms with van der Waals surface area (Å²) >= 11 is 0. The van der Waals surface area contributed by atoms with Gasteiger partial charge in [-0.3, -0.25) is 29.5 Å². The number of aliphatic carboxylic acids is 1. The van der Waals surface area contributed by atoms with E-state index >= 15 is 0 Å². The van der Waals surface area contributed by atoms with Crippen molar-refractivity contribution in [1.82, 2.24) is 31.1 Å². The summed E-state index contributed by atoms with van der Waals surface area (Å²) in [5.41, 5.74) is 7.08. The molecule has 4 rings (SSSR count). The zero-order valence-electron chi connectivity index (χ0n) is 31.7. The zero-order chi connectivity index (χ0) is 40.6. The van der Waals surface area contributed by atoms with E-state index < -0.39 is 66.4 Å². The third kappa shape index (κ3) is 12.8. The van der Waals surface area contributed by atoms with Crippen molar-refractivity contribution in [3.8, 4) is 0 Å². The lowest BCUT2D eigenvalue weighted by molar-refractivity contribution is -0.144. The van der Waals surface area contributed by atoms with E-state index in [2.05, 4.69) is 31.5 Å². The van der Waals surface area contributed by atoms with Crippen LogP contribution in [-0.4, -0.2) is 107 Å². The molecule has 2 aliphatic heterocycles. The number of nitrogens with zero attached hydrogens (tertiary/aromatic N) is 4. The van der Waals surface area contributed by atoms with Crippen molar-refractivity contribution < 1.29 is 38.6 Å². The molecule has 8 N–H and O–H groups in total. The van der Waals surface area contributed by atoms with Crippen LogP contribution in [0.3, 0.4) is 0 Å². The molecule has 18 nitrogen and oxygen atoms in total. The van der Waals surface area contributed by atoms with Crippen LogP contribution in [0, 0.1) is 11.3 Å². The van der Waals surface area contributed by atoms with E-state index in [9.17, 15) is 33.9 Å². The molecule has 0 spiro atoms. The molecule has 2 heterocycles. The number of hydrogen-bond donors (Lipinski definition) is 7. The molecule has 4 atom stereocenters. The number of ether oxygens (including phenoxy) is 1. The van der Waals surface area contributed by atoms with E-state index in [1.54, 1.807) is 24.3 Å². The van der Waals surface area contributed by atoms with Gasteiger partial charge in [0.15, 0.2) is 5.96 Å². The second-order valence-corrected chi connectivity index (χ2v) is 14.1. The maximum absolute atomic E-state index is 13.6. The monoisotopic (exact) mass is 776 g/mol. The number of amides is 5. The topological polar surface area (TPSA) is 261 Å². The number of azo groups is 1. The fourth-order valence-electron chi connectivity index (χ4n) is 6.57. The summed E-state index contributed by atoms with van der Waals surface area (Å²) in [5.74, 6) is -3.76. The fourth-order valence-corrected chi connectivity index (χ4v) is 6.57. The first-order valence-electron chi connectivity index (χ1n) is 18.8. The highest BCUT2D eigenvalue weighted by molar-refractivity contribution is 5.95. The Morgan fingerprint density at radius 2 is 1.50 bits per heavy atom. The van der Waals surface area contributed by atoms with Crippen molar-refractivity contribution in [2.24, 2.45) is 21.9 Å². The lowest BCUT2D eigenvalue weighted by atomic mass is 10.0. The summed E-state index contributed by atoms with van der Waals surface area (Å²) < 4.78 is 5.62. The molecule has 0 unspecified atom stereocenters. The molecule has 5 amide bonds. The zero-order valence-corrected chi connectivity index (χ0v) is 31.7. The van der Waals surface area contributed by atoms with Gasteiger partial charge >= 0.3 is 12.1 Å². The molecule has 18 heteroatoms. The predicted octanol–water partition coefficient (Wildman–Crippen LogP) is 2.67. The number of rotatable bonds is 18. The highest BCUT2D eigenvalue weighted by Gasteiger charge is 2.38. The maximum atomic E-state index is 13.6. The molecule has 0 aliphatic carbocycles. The Balaban J connectivity index is 1.30. The minimum absolute atomic E-state index is 0.0161. The number of benzene rings is 2. The summed E-state index contributed by atoms with van der Waals surface area (Å²) in [6.45, 7) is 4.01. The van der Waals surface area contributed by atoms with Gasteiger partial charge in [-0.05, 0) is 69.1 Å². The highest BCUT2D eigenvalue weighted by atomic mass is 16.6. The standard InChI is InChI=1S/C38H52N10O8/c1-24(2)21-29(33(50)42-22-32(49)47-19-9-16-30(47)34(51)43-28(36(53)54)15-8-18-41-37(39)40)44-35(52)31-17-10-20-48(31)38(55)56-23-25-11-6-7-14-27(25)46-45-26-12-4-3-5-13-26/h3-7,11-14,24,28-31H,8-10,15-23H2,1-2H3,(H,42,50)(H,43,51)(H,44,52)(H,53,54)(H4,39,40,41)/b46-45+/t28-,29+,30+,31+/m1/s1. The molecule has 2 saturated heterocycles. The number of carbonyl (C=O) groups is 6. The van der Waals surface area contributed by atoms with Crippen LogP contribution in [0.4, 0.5) is 16.2 Å². The molecule has 0 aromatic heterocycles. The third-order valence-electron chi connectivity index (χ3n) is 9.39. The summed E-state index contributed by atoms with van der Waals surface area (Å²) in [7, 11) is 0. The molecular weight excluding hydrogens is 724 g/mol. The van der Waals surface area contributed by atoms with Crippen LogP contribution in [0.2, 0.25) is 0 Å². The van der Waals surface area contributed by atoms with Crippen LogP contribution in [-0.2, 0) is 35.3 Å². The lowest BCUT2D eigenvalue weighted by Gasteiger charge is -2.27. The number of carbonyl (C=O) groups excluding carboxylic acids is 5. The van der Waals surface area contributed by atoms with Crippen LogP contribution in [0.25, 0.3) is 0 Å². The van der Waals surface area contributed by atoms with Crippen LogP contribution >= 0.6 is 0 Å². The molecule has 2 aliphatic rings. The minimum atomic E-state index is -1.23. The average molecular weight is 777 g/mol. The Morgan fingerprint density at radius 3 is 2.16 bits per heavy atom. The lowest BCUT2D eigenvalue weighted by Crippen LogP contribution is -2.55. The third-order valence-corrected chi connectivity index (χ3v) is 9.39. The molecule has 0 radical (unpaired) electrons. The molecule has 2 fully saturated rings. The Labute approximate surface area is 325 Å². The number of hydrogen-bond acceptors (Lipinski definition) is 10. The Bertz CT molecular complexity index is 1740. The molecular formula is C38H52N10O8. The Hall–Kier alpha value is -6.07.